The second kappa shape index (κ2) is 5.13. The second-order valence-electron chi connectivity index (χ2n) is 4.54. The Hall–Kier alpha value is -2.48. The van der Waals surface area contributed by atoms with Crippen LogP contribution in [0.4, 0.5) is 5.69 Å². The van der Waals surface area contributed by atoms with Gasteiger partial charge in [-0.1, -0.05) is 0 Å². The summed E-state index contributed by atoms with van der Waals surface area (Å²) in [4.78, 5) is 17.7. The van der Waals surface area contributed by atoms with Gasteiger partial charge in [-0.3, -0.25) is 9.78 Å². The Morgan fingerprint density at radius 2 is 2.19 bits per heavy atom. The van der Waals surface area contributed by atoms with Crippen molar-refractivity contribution in [3.8, 4) is 0 Å². The van der Waals surface area contributed by atoms with Gasteiger partial charge in [0.2, 0.25) is 0 Å². The van der Waals surface area contributed by atoms with Gasteiger partial charge in [-0.25, -0.2) is 8.42 Å². The zero-order valence-electron chi connectivity index (χ0n) is 10.9. The van der Waals surface area contributed by atoms with E-state index in [0.717, 1.165) is 0 Å². The summed E-state index contributed by atoms with van der Waals surface area (Å²) in [5, 5.41) is 2.72. The van der Waals surface area contributed by atoms with Gasteiger partial charge in [0.1, 0.15) is 5.84 Å². The quantitative estimate of drug-likeness (QED) is 0.860. The zero-order valence-corrected chi connectivity index (χ0v) is 11.7. The number of anilines is 1. The third-order valence-electron chi connectivity index (χ3n) is 3.01. The Morgan fingerprint density at radius 3 is 2.95 bits per heavy atom. The first-order valence-corrected chi connectivity index (χ1v) is 7.85. The van der Waals surface area contributed by atoms with Crippen LogP contribution in [-0.2, 0) is 14.8 Å². The van der Waals surface area contributed by atoms with E-state index in [9.17, 15) is 13.2 Å². The molecule has 0 saturated heterocycles. The van der Waals surface area contributed by atoms with Gasteiger partial charge in [0.15, 0.2) is 0 Å². The van der Waals surface area contributed by atoms with Crippen LogP contribution in [0, 0.1) is 0 Å². The normalized spacial score (nSPS) is 19.3. The molecule has 3 heterocycles. The zero-order chi connectivity index (χ0) is 14.9. The van der Waals surface area contributed by atoms with E-state index in [1.54, 1.807) is 41.7 Å². The third kappa shape index (κ3) is 3.00. The van der Waals surface area contributed by atoms with E-state index in [1.165, 1.54) is 6.08 Å². The lowest BCUT2D eigenvalue weighted by atomic mass is 10.1. The molecule has 0 saturated carbocycles. The fraction of sp³-hybridized carbons (Fsp3) is 0.154. The summed E-state index contributed by atoms with van der Waals surface area (Å²) >= 11 is 0. The molecule has 2 aliphatic heterocycles. The van der Waals surface area contributed by atoms with E-state index in [0.29, 0.717) is 17.1 Å². The van der Waals surface area contributed by atoms with Crippen LogP contribution < -0.4 is 5.32 Å². The molecule has 1 amide bonds. The third-order valence-corrected chi connectivity index (χ3v) is 4.17. The van der Waals surface area contributed by atoms with Crippen molar-refractivity contribution >= 4 is 27.5 Å². The fourth-order valence-corrected chi connectivity index (χ4v) is 2.94. The van der Waals surface area contributed by atoms with Crippen LogP contribution in [0.3, 0.4) is 0 Å². The van der Waals surface area contributed by atoms with E-state index in [2.05, 4.69) is 14.7 Å². The molecule has 21 heavy (non-hydrogen) atoms. The Bertz CT molecular complexity index is 766. The van der Waals surface area contributed by atoms with Crippen LogP contribution >= 0.6 is 0 Å². The van der Waals surface area contributed by atoms with Crippen LogP contribution in [0.5, 0.6) is 0 Å². The van der Waals surface area contributed by atoms with E-state index in [1.807, 2.05) is 0 Å². The van der Waals surface area contributed by atoms with Gasteiger partial charge in [0, 0.05) is 18.9 Å². The number of fused-ring (bicyclic) bond motifs is 1. The fourth-order valence-electron chi connectivity index (χ4n) is 1.98. The Balaban J connectivity index is 1.78. The maximum atomic E-state index is 12.1. The minimum atomic E-state index is -3.38. The highest BCUT2D eigenvalue weighted by Crippen LogP contribution is 2.17. The highest BCUT2D eigenvalue weighted by molar-refractivity contribution is 7.90. The molecular weight excluding hydrogens is 292 g/mol. The summed E-state index contributed by atoms with van der Waals surface area (Å²) in [5.41, 5.74) is 1.02. The van der Waals surface area contributed by atoms with E-state index < -0.39 is 10.0 Å². The number of aromatic nitrogens is 1. The van der Waals surface area contributed by atoms with Crippen molar-refractivity contribution in [2.75, 3.05) is 17.6 Å². The predicted molar refractivity (Wildman–Crippen MR) is 78.0 cm³/mol. The lowest BCUT2D eigenvalue weighted by Crippen LogP contribution is -2.37. The van der Waals surface area contributed by atoms with Crippen LogP contribution in [0.25, 0.3) is 0 Å². The van der Waals surface area contributed by atoms with Gasteiger partial charge in [0.25, 0.3) is 15.9 Å². The summed E-state index contributed by atoms with van der Waals surface area (Å²) in [6.07, 6.45) is 7.83. The lowest BCUT2D eigenvalue weighted by Gasteiger charge is -2.26. The first-order chi connectivity index (χ1) is 10.0. The minimum Gasteiger partial charge on any atom is -0.330 e. The second-order valence-corrected chi connectivity index (χ2v) is 6.30. The molecule has 0 aliphatic carbocycles. The molecule has 2 aliphatic rings. The molecule has 1 N–H and O–H groups in total. The maximum absolute atomic E-state index is 12.1. The Labute approximate surface area is 121 Å². The largest absolute Gasteiger partial charge is 0.330 e. The van der Waals surface area contributed by atoms with Gasteiger partial charge in [-0.05, 0) is 24.3 Å². The first kappa shape index (κ1) is 13.5. The minimum absolute atomic E-state index is 0.0572. The SMILES string of the molecule is O=C(Nc1cccnc1)C1=CN2CCS(=O)(=O)N=C2C=C1. The molecule has 0 spiro atoms. The number of sulfonamides is 1. The molecule has 108 valence electrons. The topological polar surface area (TPSA) is 91.7 Å². The number of carbonyl (C=O) groups is 1. The number of pyridine rings is 1. The molecular formula is C13H12N4O3S. The van der Waals surface area contributed by atoms with Gasteiger partial charge >= 0.3 is 0 Å². The van der Waals surface area contributed by atoms with Crippen molar-refractivity contribution in [2.24, 2.45) is 4.40 Å². The molecule has 0 atom stereocenters. The Morgan fingerprint density at radius 1 is 1.33 bits per heavy atom. The van der Waals surface area contributed by atoms with Crippen LogP contribution in [0.15, 0.2) is 52.8 Å². The van der Waals surface area contributed by atoms with Crippen LogP contribution in [-0.4, -0.2) is 42.3 Å². The van der Waals surface area contributed by atoms with E-state index in [4.69, 9.17) is 0 Å². The predicted octanol–water partition coefficient (Wildman–Crippen LogP) is 0.518. The number of nitrogens with one attached hydrogen (secondary N) is 1. The highest BCUT2D eigenvalue weighted by Gasteiger charge is 2.24. The first-order valence-electron chi connectivity index (χ1n) is 6.24. The average Bonchev–Trinajstić information content (AvgIpc) is 2.47. The van der Waals surface area contributed by atoms with Crippen molar-refractivity contribution < 1.29 is 13.2 Å². The van der Waals surface area contributed by atoms with Crippen LogP contribution in [0.2, 0.25) is 0 Å². The number of rotatable bonds is 2. The van der Waals surface area contributed by atoms with Crippen molar-refractivity contribution in [3.05, 3.63) is 48.5 Å². The molecule has 1 aromatic rings. The Kier molecular flexibility index (Phi) is 3.30. The summed E-state index contributed by atoms with van der Waals surface area (Å²) in [6.45, 7) is 0.287. The number of hydrogen-bond acceptors (Lipinski definition) is 5. The molecule has 0 aromatic carbocycles. The number of nitrogens with zero attached hydrogens (tertiary/aromatic N) is 3. The van der Waals surface area contributed by atoms with Crippen molar-refractivity contribution in [1.82, 2.24) is 9.88 Å². The number of carbonyl (C=O) groups excluding carboxylic acids is 1. The number of amides is 1. The number of amidine groups is 1. The molecule has 1 aromatic heterocycles. The van der Waals surface area contributed by atoms with Crippen molar-refractivity contribution in [2.45, 2.75) is 0 Å². The molecule has 3 rings (SSSR count). The lowest BCUT2D eigenvalue weighted by molar-refractivity contribution is -0.112. The summed E-state index contributed by atoms with van der Waals surface area (Å²) in [6, 6.07) is 3.46. The summed E-state index contributed by atoms with van der Waals surface area (Å²) in [7, 11) is -3.38. The average molecular weight is 304 g/mol. The maximum Gasteiger partial charge on any atom is 0.257 e. The monoisotopic (exact) mass is 304 g/mol. The molecule has 0 bridgehead atoms. The smallest absolute Gasteiger partial charge is 0.257 e. The molecule has 8 heteroatoms. The molecule has 0 fully saturated rings. The number of hydrogen-bond donors (Lipinski definition) is 1. The molecule has 0 radical (unpaired) electrons. The standard InChI is InChI=1S/C13H12N4O3S/c18-13(15-11-2-1-5-14-8-11)10-3-4-12-16-21(19,20)7-6-17(12)9-10/h1-5,8-9H,6-7H2,(H,15,18). The van der Waals surface area contributed by atoms with Gasteiger partial charge in [0.05, 0.1) is 23.2 Å². The molecule has 0 unspecified atom stereocenters. The van der Waals surface area contributed by atoms with Crippen molar-refractivity contribution in [1.29, 1.82) is 0 Å². The van der Waals surface area contributed by atoms with Gasteiger partial charge in [-0.15, -0.1) is 4.40 Å². The molecule has 7 nitrogen and oxygen atoms in total. The van der Waals surface area contributed by atoms with Gasteiger partial charge < -0.3 is 10.2 Å². The van der Waals surface area contributed by atoms with Crippen LogP contribution in [0.1, 0.15) is 0 Å². The summed E-state index contributed by atoms with van der Waals surface area (Å²) in [5.74, 6) is -0.0101. The summed E-state index contributed by atoms with van der Waals surface area (Å²) < 4.78 is 26.5. The van der Waals surface area contributed by atoms with Crippen molar-refractivity contribution in [3.63, 3.8) is 0 Å². The van der Waals surface area contributed by atoms with Gasteiger partial charge in [-0.2, -0.15) is 0 Å². The highest BCUT2D eigenvalue weighted by atomic mass is 32.2. The van der Waals surface area contributed by atoms with E-state index >= 15 is 0 Å². The van der Waals surface area contributed by atoms with E-state index in [-0.39, 0.29) is 18.2 Å².